The van der Waals surface area contributed by atoms with E-state index >= 15 is 0 Å². The Morgan fingerprint density at radius 3 is 2.92 bits per heavy atom. The van der Waals surface area contributed by atoms with Crippen LogP contribution >= 0.6 is 0 Å². The van der Waals surface area contributed by atoms with E-state index in [4.69, 9.17) is 0 Å². The Hall–Kier alpha value is -2.77. The third kappa shape index (κ3) is 4.25. The molecule has 0 aliphatic carbocycles. The summed E-state index contributed by atoms with van der Waals surface area (Å²) in [7, 11) is 1.88. The minimum atomic E-state index is -0.106. The smallest absolute Gasteiger partial charge is 0.223 e. The van der Waals surface area contributed by atoms with E-state index < -0.39 is 0 Å². The van der Waals surface area contributed by atoms with Gasteiger partial charge in [-0.1, -0.05) is 0 Å². The number of aryl methyl sites for hydroxylation is 2. The molecule has 2 aromatic rings. The first-order valence-corrected chi connectivity index (χ1v) is 8.86. The maximum Gasteiger partial charge on any atom is 0.223 e. The molecular weight excluding hydrogens is 332 g/mol. The minimum Gasteiger partial charge on any atom is -0.351 e. The zero-order chi connectivity index (χ0) is 18.5. The number of nitrogens with zero attached hydrogens (tertiary/aromatic N) is 5. The molecule has 3 rings (SSSR count). The summed E-state index contributed by atoms with van der Waals surface area (Å²) in [5.74, 6) is 0.0211. The molecule has 1 atom stereocenters. The number of nitrogens with one attached hydrogen (secondary N) is 1. The highest BCUT2D eigenvalue weighted by atomic mass is 16.2. The zero-order valence-corrected chi connectivity index (χ0v) is 15.2. The highest BCUT2D eigenvalue weighted by Gasteiger charge is 2.31. The Balaban J connectivity index is 1.65. The monoisotopic (exact) mass is 356 g/mol. The van der Waals surface area contributed by atoms with Gasteiger partial charge in [0.2, 0.25) is 11.8 Å². The first-order chi connectivity index (χ1) is 12.5. The van der Waals surface area contributed by atoms with Gasteiger partial charge in [-0.15, -0.1) is 0 Å². The van der Waals surface area contributed by atoms with Crippen molar-refractivity contribution in [1.29, 1.82) is 0 Å². The lowest BCUT2D eigenvalue weighted by Gasteiger charge is -2.24. The lowest BCUT2D eigenvalue weighted by molar-refractivity contribution is -0.132. The first kappa shape index (κ1) is 18.0. The molecule has 138 valence electrons. The zero-order valence-electron chi connectivity index (χ0n) is 15.2. The van der Waals surface area contributed by atoms with Gasteiger partial charge in [0.15, 0.2) is 0 Å². The summed E-state index contributed by atoms with van der Waals surface area (Å²) < 4.78 is 1.80. The van der Waals surface area contributed by atoms with Gasteiger partial charge >= 0.3 is 0 Å². The van der Waals surface area contributed by atoms with Crippen molar-refractivity contribution in [3.05, 3.63) is 41.7 Å². The van der Waals surface area contributed by atoms with Crippen molar-refractivity contribution in [2.24, 2.45) is 7.05 Å². The summed E-state index contributed by atoms with van der Waals surface area (Å²) in [6.07, 6.45) is 8.07. The van der Waals surface area contributed by atoms with Crippen LogP contribution in [0.4, 0.5) is 0 Å². The van der Waals surface area contributed by atoms with Crippen molar-refractivity contribution < 1.29 is 9.59 Å². The Kier molecular flexibility index (Phi) is 5.60. The van der Waals surface area contributed by atoms with Gasteiger partial charge in [-0.25, -0.2) is 0 Å². The third-order valence-electron chi connectivity index (χ3n) is 4.65. The molecule has 8 nitrogen and oxygen atoms in total. The van der Waals surface area contributed by atoms with Gasteiger partial charge < -0.3 is 10.2 Å². The molecule has 8 heteroatoms. The topological polar surface area (TPSA) is 93.0 Å². The highest BCUT2D eigenvalue weighted by Crippen LogP contribution is 2.31. The SMILES string of the molecule is CC(=O)NCc1cncc(C2CCCN2C(=O)CCc2ccnn2C)n1. The van der Waals surface area contributed by atoms with Gasteiger partial charge in [0.25, 0.3) is 0 Å². The fourth-order valence-electron chi connectivity index (χ4n) is 3.28. The second-order valence-corrected chi connectivity index (χ2v) is 6.54. The number of carbonyl (C=O) groups is 2. The summed E-state index contributed by atoms with van der Waals surface area (Å²) >= 11 is 0. The van der Waals surface area contributed by atoms with Gasteiger partial charge in [0.05, 0.1) is 36.4 Å². The van der Waals surface area contributed by atoms with Crippen molar-refractivity contribution >= 4 is 11.8 Å². The van der Waals surface area contributed by atoms with Crippen LogP contribution in [0.2, 0.25) is 0 Å². The van der Waals surface area contributed by atoms with Gasteiger partial charge in [-0.3, -0.25) is 24.2 Å². The lowest BCUT2D eigenvalue weighted by atomic mass is 10.1. The van der Waals surface area contributed by atoms with E-state index in [2.05, 4.69) is 20.4 Å². The molecule has 1 unspecified atom stereocenters. The maximum atomic E-state index is 12.7. The van der Waals surface area contributed by atoms with Crippen LogP contribution in [0.25, 0.3) is 0 Å². The first-order valence-electron chi connectivity index (χ1n) is 8.86. The van der Waals surface area contributed by atoms with Crippen molar-refractivity contribution in [1.82, 2.24) is 30.0 Å². The average molecular weight is 356 g/mol. The number of likely N-dealkylation sites (tertiary alicyclic amines) is 1. The largest absolute Gasteiger partial charge is 0.351 e. The number of aromatic nitrogens is 4. The standard InChI is InChI=1S/C18H24N6O2/c1-13(25)20-11-14-10-19-12-16(22-14)17-4-3-9-24(17)18(26)6-5-15-7-8-21-23(15)2/h7-8,10,12,17H,3-6,9,11H2,1-2H3,(H,20,25). The normalized spacial score (nSPS) is 16.7. The number of hydrogen-bond acceptors (Lipinski definition) is 5. The molecule has 1 N–H and O–H groups in total. The molecule has 0 bridgehead atoms. The van der Waals surface area contributed by atoms with Crippen molar-refractivity contribution in [2.45, 2.75) is 45.2 Å². The predicted octanol–water partition coefficient (Wildman–Crippen LogP) is 1.14. The fourth-order valence-corrected chi connectivity index (χ4v) is 3.28. The Labute approximate surface area is 152 Å². The van der Waals surface area contributed by atoms with E-state index in [1.165, 1.54) is 6.92 Å². The van der Waals surface area contributed by atoms with Gasteiger partial charge in [-0.05, 0) is 25.3 Å². The van der Waals surface area contributed by atoms with Crippen LogP contribution in [-0.4, -0.2) is 43.0 Å². The summed E-state index contributed by atoms with van der Waals surface area (Å²) in [6, 6.07) is 1.89. The van der Waals surface area contributed by atoms with Crippen LogP contribution in [0.5, 0.6) is 0 Å². The molecule has 2 aromatic heterocycles. The number of hydrogen-bond donors (Lipinski definition) is 1. The third-order valence-corrected chi connectivity index (χ3v) is 4.65. The second kappa shape index (κ2) is 8.07. The van der Waals surface area contributed by atoms with Crippen LogP contribution < -0.4 is 5.32 Å². The molecule has 26 heavy (non-hydrogen) atoms. The van der Waals surface area contributed by atoms with Gasteiger partial charge in [-0.2, -0.15) is 5.10 Å². The van der Waals surface area contributed by atoms with Crippen LogP contribution in [0.15, 0.2) is 24.7 Å². The van der Waals surface area contributed by atoms with Crippen LogP contribution in [-0.2, 0) is 29.6 Å². The quantitative estimate of drug-likeness (QED) is 0.838. The van der Waals surface area contributed by atoms with Gasteiger partial charge in [0, 0.05) is 38.8 Å². The molecule has 0 spiro atoms. The van der Waals surface area contributed by atoms with E-state index in [0.29, 0.717) is 25.1 Å². The van der Waals surface area contributed by atoms with Crippen LogP contribution in [0, 0.1) is 0 Å². The molecule has 1 fully saturated rings. The Bertz CT molecular complexity index is 787. The molecule has 1 aliphatic heterocycles. The lowest BCUT2D eigenvalue weighted by Crippen LogP contribution is -2.31. The molecule has 2 amide bonds. The van der Waals surface area contributed by atoms with E-state index in [9.17, 15) is 9.59 Å². The van der Waals surface area contributed by atoms with E-state index in [0.717, 1.165) is 30.8 Å². The summed E-state index contributed by atoms with van der Waals surface area (Å²) in [6.45, 7) is 2.56. The molecular formula is C18H24N6O2. The van der Waals surface area contributed by atoms with Crippen LogP contribution in [0.1, 0.15) is 49.3 Å². The summed E-state index contributed by atoms with van der Waals surface area (Å²) in [5, 5.41) is 6.86. The Morgan fingerprint density at radius 1 is 1.35 bits per heavy atom. The molecule has 1 aliphatic rings. The van der Waals surface area contributed by atoms with E-state index in [1.54, 1.807) is 23.3 Å². The Morgan fingerprint density at radius 2 is 2.19 bits per heavy atom. The fraction of sp³-hybridized carbons (Fsp3) is 0.500. The minimum absolute atomic E-state index is 0.0428. The molecule has 3 heterocycles. The van der Waals surface area contributed by atoms with Crippen LogP contribution in [0.3, 0.4) is 0 Å². The van der Waals surface area contributed by atoms with E-state index in [1.807, 2.05) is 18.0 Å². The number of carbonyl (C=O) groups excluding carboxylic acids is 2. The van der Waals surface area contributed by atoms with Gasteiger partial charge in [0.1, 0.15) is 0 Å². The second-order valence-electron chi connectivity index (χ2n) is 6.54. The summed E-state index contributed by atoms with van der Waals surface area (Å²) in [4.78, 5) is 34.5. The molecule has 0 radical (unpaired) electrons. The van der Waals surface area contributed by atoms with E-state index in [-0.39, 0.29) is 17.9 Å². The maximum absolute atomic E-state index is 12.7. The number of amides is 2. The average Bonchev–Trinajstić information content (AvgIpc) is 3.27. The molecule has 1 saturated heterocycles. The predicted molar refractivity (Wildman–Crippen MR) is 94.8 cm³/mol. The van der Waals surface area contributed by atoms with Crippen molar-refractivity contribution in [3.63, 3.8) is 0 Å². The highest BCUT2D eigenvalue weighted by molar-refractivity contribution is 5.77. The number of rotatable bonds is 6. The molecule has 0 saturated carbocycles. The summed E-state index contributed by atoms with van der Waals surface area (Å²) in [5.41, 5.74) is 2.54. The van der Waals surface area contributed by atoms with Crippen molar-refractivity contribution in [2.75, 3.05) is 6.54 Å². The van der Waals surface area contributed by atoms with Crippen molar-refractivity contribution in [3.8, 4) is 0 Å². The molecule has 0 aromatic carbocycles.